The normalized spacial score (nSPS) is 12.0. The van der Waals surface area contributed by atoms with Crippen molar-refractivity contribution in [2.45, 2.75) is 30.8 Å². The van der Waals surface area contributed by atoms with E-state index in [-0.39, 0.29) is 11.6 Å². The van der Waals surface area contributed by atoms with Crippen LogP contribution < -0.4 is 5.32 Å². The number of halogens is 2. The second-order valence-electron chi connectivity index (χ2n) is 5.97. The van der Waals surface area contributed by atoms with Gasteiger partial charge in [-0.3, -0.25) is 9.36 Å². The number of carbonyl (C=O) groups excluding carboxylic acids is 1. The van der Waals surface area contributed by atoms with Gasteiger partial charge >= 0.3 is 0 Å². The van der Waals surface area contributed by atoms with Gasteiger partial charge in [0.15, 0.2) is 11.0 Å². The molecule has 0 aliphatic carbocycles. The van der Waals surface area contributed by atoms with Gasteiger partial charge in [-0.15, -0.1) is 16.8 Å². The molecule has 1 N–H and O–H groups in total. The molecule has 0 aliphatic rings. The van der Waals surface area contributed by atoms with E-state index in [2.05, 4.69) is 38.0 Å². The summed E-state index contributed by atoms with van der Waals surface area (Å²) < 4.78 is 21.8. The summed E-state index contributed by atoms with van der Waals surface area (Å²) in [6.45, 7) is 7.83. The van der Waals surface area contributed by atoms with E-state index >= 15 is 0 Å². The molecule has 1 atom stereocenters. The molecule has 3 rings (SSSR count). The molecule has 1 amide bonds. The Morgan fingerprint density at radius 2 is 2.25 bits per heavy atom. The number of furan rings is 1. The number of nitrogens with zero attached hydrogens (tertiary/aromatic N) is 3. The Kier molecular flexibility index (Phi) is 6.35. The Labute approximate surface area is 174 Å². The van der Waals surface area contributed by atoms with Crippen molar-refractivity contribution in [3.63, 3.8) is 0 Å². The van der Waals surface area contributed by atoms with Gasteiger partial charge in [0.25, 0.3) is 0 Å². The van der Waals surface area contributed by atoms with E-state index in [4.69, 9.17) is 4.42 Å². The lowest BCUT2D eigenvalue weighted by molar-refractivity contribution is -0.115. The fourth-order valence-electron chi connectivity index (χ4n) is 2.52. The highest BCUT2D eigenvalue weighted by Crippen LogP contribution is 2.29. The van der Waals surface area contributed by atoms with Crippen LogP contribution in [0, 0.1) is 12.7 Å². The Morgan fingerprint density at radius 3 is 2.89 bits per heavy atom. The first-order valence-electron chi connectivity index (χ1n) is 8.41. The van der Waals surface area contributed by atoms with E-state index in [0.717, 1.165) is 11.3 Å². The minimum absolute atomic E-state index is 0.128. The second-order valence-corrected chi connectivity index (χ2v) is 8.19. The minimum atomic E-state index is -0.519. The van der Waals surface area contributed by atoms with Crippen molar-refractivity contribution in [1.29, 1.82) is 0 Å². The number of aromatic nitrogens is 3. The van der Waals surface area contributed by atoms with Crippen LogP contribution in [-0.2, 0) is 11.3 Å². The fraction of sp³-hybridized carbons (Fsp3) is 0.211. The van der Waals surface area contributed by atoms with Crippen molar-refractivity contribution < 1.29 is 13.6 Å². The standard InChI is InChI=1S/C19H18BrFN4O2S/c1-4-8-25-17(14-7-9-27-11(14)2)23-24-19(25)28-12(3)18(26)22-16-6-5-13(20)10-15(16)21/h4-7,9-10,12H,1,8H2,2-3H3,(H,22,26). The topological polar surface area (TPSA) is 73.0 Å². The summed E-state index contributed by atoms with van der Waals surface area (Å²) in [5.74, 6) is 0.527. The molecule has 2 aromatic heterocycles. The van der Waals surface area contributed by atoms with Crippen molar-refractivity contribution in [2.75, 3.05) is 5.32 Å². The molecule has 0 fully saturated rings. The quantitative estimate of drug-likeness (QED) is 0.391. The Bertz CT molecular complexity index is 1020. The zero-order valence-electron chi connectivity index (χ0n) is 15.3. The number of thioether (sulfide) groups is 1. The molecule has 6 nitrogen and oxygen atoms in total. The molecule has 9 heteroatoms. The number of nitrogens with one attached hydrogen (secondary N) is 1. The van der Waals surface area contributed by atoms with Gasteiger partial charge in [0.05, 0.1) is 22.8 Å². The third-order valence-corrected chi connectivity index (χ3v) is 5.54. The van der Waals surface area contributed by atoms with E-state index in [0.29, 0.717) is 22.0 Å². The summed E-state index contributed by atoms with van der Waals surface area (Å²) in [7, 11) is 0. The van der Waals surface area contributed by atoms with Crippen molar-refractivity contribution in [3.8, 4) is 11.4 Å². The predicted molar refractivity (Wildman–Crippen MR) is 111 cm³/mol. The molecule has 0 aliphatic heterocycles. The number of rotatable bonds is 7. The smallest absolute Gasteiger partial charge is 0.237 e. The lowest BCUT2D eigenvalue weighted by Crippen LogP contribution is -2.23. The van der Waals surface area contributed by atoms with Crippen LogP contribution in [-0.4, -0.2) is 25.9 Å². The molecule has 0 saturated heterocycles. The van der Waals surface area contributed by atoms with E-state index in [1.807, 2.05) is 17.6 Å². The highest BCUT2D eigenvalue weighted by molar-refractivity contribution is 9.10. The molecule has 2 heterocycles. The van der Waals surface area contributed by atoms with Crippen LogP contribution in [0.2, 0.25) is 0 Å². The number of benzene rings is 1. The van der Waals surface area contributed by atoms with Gasteiger partial charge in [0.1, 0.15) is 11.6 Å². The summed E-state index contributed by atoms with van der Waals surface area (Å²) in [6.07, 6.45) is 3.32. The molecule has 0 radical (unpaired) electrons. The molecule has 1 aromatic carbocycles. The van der Waals surface area contributed by atoms with E-state index in [1.54, 1.807) is 25.3 Å². The molecule has 1 unspecified atom stereocenters. The molecule has 0 saturated carbocycles. The molecule has 3 aromatic rings. The maximum Gasteiger partial charge on any atom is 0.237 e. The Balaban J connectivity index is 1.79. The molecule has 0 bridgehead atoms. The highest BCUT2D eigenvalue weighted by atomic mass is 79.9. The van der Waals surface area contributed by atoms with Gasteiger partial charge < -0.3 is 9.73 Å². The van der Waals surface area contributed by atoms with Crippen LogP contribution in [0.5, 0.6) is 0 Å². The van der Waals surface area contributed by atoms with Crippen LogP contribution in [0.4, 0.5) is 10.1 Å². The maximum absolute atomic E-state index is 14.0. The van der Waals surface area contributed by atoms with Crippen molar-refractivity contribution in [1.82, 2.24) is 14.8 Å². The van der Waals surface area contributed by atoms with Crippen LogP contribution in [0.25, 0.3) is 11.4 Å². The van der Waals surface area contributed by atoms with Gasteiger partial charge in [0, 0.05) is 11.0 Å². The first-order valence-corrected chi connectivity index (χ1v) is 10.1. The lowest BCUT2D eigenvalue weighted by atomic mass is 10.2. The largest absolute Gasteiger partial charge is 0.469 e. The van der Waals surface area contributed by atoms with E-state index < -0.39 is 11.1 Å². The average Bonchev–Trinajstić information content (AvgIpc) is 3.24. The number of allylic oxidation sites excluding steroid dienone is 1. The van der Waals surface area contributed by atoms with Gasteiger partial charge in [-0.1, -0.05) is 33.8 Å². The molecular weight excluding hydrogens is 447 g/mol. The number of hydrogen-bond acceptors (Lipinski definition) is 5. The van der Waals surface area contributed by atoms with Crippen LogP contribution >= 0.6 is 27.7 Å². The van der Waals surface area contributed by atoms with Crippen LogP contribution in [0.15, 0.2) is 57.2 Å². The third kappa shape index (κ3) is 4.36. The maximum atomic E-state index is 14.0. The fourth-order valence-corrected chi connectivity index (χ4v) is 3.71. The monoisotopic (exact) mass is 464 g/mol. The lowest BCUT2D eigenvalue weighted by Gasteiger charge is -2.13. The summed E-state index contributed by atoms with van der Waals surface area (Å²) >= 11 is 4.43. The van der Waals surface area contributed by atoms with Crippen molar-refractivity contribution >= 4 is 39.3 Å². The SMILES string of the molecule is C=CCn1c(SC(C)C(=O)Nc2ccc(Br)cc2F)nnc1-c1ccoc1C. The van der Waals surface area contributed by atoms with Gasteiger partial charge in [0.2, 0.25) is 5.91 Å². The van der Waals surface area contributed by atoms with Crippen LogP contribution in [0.1, 0.15) is 12.7 Å². The van der Waals surface area contributed by atoms with Gasteiger partial charge in [-0.25, -0.2) is 4.39 Å². The number of carbonyl (C=O) groups is 1. The first kappa shape index (κ1) is 20.3. The van der Waals surface area contributed by atoms with E-state index in [1.165, 1.54) is 23.9 Å². The number of anilines is 1. The minimum Gasteiger partial charge on any atom is -0.469 e. The summed E-state index contributed by atoms with van der Waals surface area (Å²) in [4.78, 5) is 12.5. The summed E-state index contributed by atoms with van der Waals surface area (Å²) in [5, 5.41) is 11.1. The number of amides is 1. The van der Waals surface area contributed by atoms with Crippen LogP contribution in [0.3, 0.4) is 0 Å². The third-order valence-electron chi connectivity index (χ3n) is 3.97. The zero-order chi connectivity index (χ0) is 20.3. The number of aryl methyl sites for hydroxylation is 1. The summed E-state index contributed by atoms with van der Waals surface area (Å²) in [5.41, 5.74) is 0.957. The predicted octanol–water partition coefficient (Wildman–Crippen LogP) is 5.05. The highest BCUT2D eigenvalue weighted by Gasteiger charge is 2.22. The number of hydrogen-bond donors (Lipinski definition) is 1. The van der Waals surface area contributed by atoms with Crippen molar-refractivity contribution in [3.05, 3.63) is 59.2 Å². The molecule has 146 valence electrons. The molecular formula is C19H18BrFN4O2S. The second kappa shape index (κ2) is 8.74. The first-order chi connectivity index (χ1) is 13.4. The molecule has 0 spiro atoms. The van der Waals surface area contributed by atoms with Crippen molar-refractivity contribution in [2.24, 2.45) is 0 Å². The zero-order valence-corrected chi connectivity index (χ0v) is 17.7. The Morgan fingerprint density at radius 1 is 1.46 bits per heavy atom. The summed E-state index contributed by atoms with van der Waals surface area (Å²) in [6, 6.07) is 6.29. The van der Waals surface area contributed by atoms with Gasteiger partial charge in [-0.2, -0.15) is 0 Å². The molecule has 28 heavy (non-hydrogen) atoms. The van der Waals surface area contributed by atoms with Gasteiger partial charge in [-0.05, 0) is 38.1 Å². The Hall–Kier alpha value is -2.39. The average molecular weight is 465 g/mol. The van der Waals surface area contributed by atoms with E-state index in [9.17, 15) is 9.18 Å².